The Morgan fingerprint density at radius 1 is 0.893 bits per heavy atom. The molecule has 3 atom stereocenters. The number of ether oxygens (including phenoxy) is 8. The molecule has 0 spiro atoms. The number of halogens is 3. The van der Waals surface area contributed by atoms with E-state index in [0.717, 1.165) is 57.7 Å². The van der Waals surface area contributed by atoms with Crippen LogP contribution < -0.4 is 18.9 Å². The smallest absolute Gasteiger partial charge is 0.345 e. The first kappa shape index (κ1) is 53.1. The second kappa shape index (κ2) is 24.4. The number of carboxylic acid groups (broad SMARTS) is 1. The van der Waals surface area contributed by atoms with Gasteiger partial charge in [0.15, 0.2) is 5.75 Å². The van der Waals surface area contributed by atoms with E-state index in [4.69, 9.17) is 66.1 Å². The monoisotopic (exact) mass is 1090 g/mol. The highest BCUT2D eigenvalue weighted by Crippen LogP contribution is 2.53. The van der Waals surface area contributed by atoms with Gasteiger partial charge >= 0.3 is 5.97 Å². The Morgan fingerprint density at radius 2 is 1.68 bits per heavy atom. The second-order valence-electron chi connectivity index (χ2n) is 19.5. The average molecular weight is 1090 g/mol. The van der Waals surface area contributed by atoms with E-state index in [0.29, 0.717) is 128 Å². The fourth-order valence-corrected chi connectivity index (χ4v) is 11.8. The lowest BCUT2D eigenvalue weighted by atomic mass is 9.87. The quantitative estimate of drug-likeness (QED) is 0.102. The zero-order valence-corrected chi connectivity index (χ0v) is 44.6. The molecule has 4 bridgehead atoms. The molecule has 75 heavy (non-hydrogen) atoms. The van der Waals surface area contributed by atoms with E-state index >= 15 is 0 Å². The highest BCUT2D eigenvalue weighted by Gasteiger charge is 2.33. The van der Waals surface area contributed by atoms with Crippen LogP contribution in [0.2, 0.25) is 10.0 Å². The molecule has 3 aromatic carbocycles. The minimum Gasteiger partial charge on any atom is -0.490 e. The van der Waals surface area contributed by atoms with E-state index in [2.05, 4.69) is 31.8 Å². The third-order valence-electron chi connectivity index (χ3n) is 14.3. The summed E-state index contributed by atoms with van der Waals surface area (Å²) in [6.07, 6.45) is 4.62. The summed E-state index contributed by atoms with van der Waals surface area (Å²) in [5, 5.41) is 12.0. The lowest BCUT2D eigenvalue weighted by Gasteiger charge is -2.35. The number of rotatable bonds is 14. The van der Waals surface area contributed by atoms with Crippen LogP contribution >= 0.6 is 34.5 Å². The van der Waals surface area contributed by atoms with Crippen molar-refractivity contribution in [1.82, 2.24) is 29.7 Å². The maximum Gasteiger partial charge on any atom is 0.345 e. The Bertz CT molecular complexity index is 2920. The SMILES string of the molecule is Cc1c(Cl)c2c(Cl)c(C)c1-c1c(-c3ccc(F)cc3)sc3ncnc(c13)O[C@@H](C(=O)O)Cc1cc(ccc1OCc1ccnc(C3CCC(OCCOCC4COCCO4)CC3)n1)OC[C@@H](CN1CCN(C)CC1)O2. The zero-order valence-electron chi connectivity index (χ0n) is 42.2. The highest BCUT2D eigenvalue weighted by atomic mass is 35.5. The molecule has 5 aliphatic rings. The molecule has 4 aliphatic heterocycles. The number of carbonyl (C=O) groups is 1. The second-order valence-corrected chi connectivity index (χ2v) is 21.3. The first-order chi connectivity index (χ1) is 36.4. The van der Waals surface area contributed by atoms with Gasteiger partial charge in [0.25, 0.3) is 0 Å². The molecular weight excluding hydrogens is 1030 g/mol. The van der Waals surface area contributed by atoms with Crippen molar-refractivity contribution in [3.05, 3.63) is 105 Å². The van der Waals surface area contributed by atoms with Crippen LogP contribution in [0.3, 0.4) is 0 Å². The maximum atomic E-state index is 14.4. The number of fused-ring (bicyclic) bond motifs is 7. The van der Waals surface area contributed by atoms with Crippen LogP contribution in [0, 0.1) is 19.7 Å². The van der Waals surface area contributed by atoms with Crippen LogP contribution in [0.15, 0.2) is 61.1 Å². The summed E-state index contributed by atoms with van der Waals surface area (Å²) < 4.78 is 63.9. The highest BCUT2D eigenvalue weighted by molar-refractivity contribution is 7.22. The number of piperazine rings is 1. The first-order valence-corrected chi connectivity index (χ1v) is 27.1. The lowest BCUT2D eigenvalue weighted by molar-refractivity contribution is -0.145. The summed E-state index contributed by atoms with van der Waals surface area (Å²) in [4.78, 5) is 38.1. The lowest BCUT2D eigenvalue weighted by Crippen LogP contribution is -2.49. The predicted molar refractivity (Wildman–Crippen MR) is 282 cm³/mol. The number of aliphatic carboxylic acids is 1. The van der Waals surface area contributed by atoms with Gasteiger partial charge in [-0.2, -0.15) is 0 Å². The number of aromatic nitrogens is 4. The van der Waals surface area contributed by atoms with Gasteiger partial charge < -0.3 is 47.9 Å². The number of benzene rings is 3. The average Bonchev–Trinajstić information content (AvgIpc) is 3.81. The number of hydrogen-bond donors (Lipinski definition) is 1. The van der Waals surface area contributed by atoms with Gasteiger partial charge in [0, 0.05) is 67.3 Å². The van der Waals surface area contributed by atoms with E-state index in [-0.39, 0.29) is 43.6 Å². The third kappa shape index (κ3) is 12.6. The summed E-state index contributed by atoms with van der Waals surface area (Å²) in [6.45, 7) is 11.2. The number of thiophene rings is 1. The molecule has 16 nitrogen and oxygen atoms in total. The minimum atomic E-state index is -1.47. The van der Waals surface area contributed by atoms with Crippen LogP contribution in [-0.2, 0) is 36.8 Å². The largest absolute Gasteiger partial charge is 0.490 e. The molecule has 0 amide bonds. The molecule has 3 fully saturated rings. The van der Waals surface area contributed by atoms with Crippen molar-refractivity contribution in [3.63, 3.8) is 0 Å². The van der Waals surface area contributed by atoms with Crippen LogP contribution in [0.4, 0.5) is 4.39 Å². The standard InChI is InChI=1S/C55H61Cl2FN6O10S/c1-32-45-33(2)49(57)50(48(32)56)73-41(26-64-18-16-63(3)17-19-64)30-71-40-12-13-43(72-27-38-14-15-59-52(62-38)35-6-10-39(11-7-35)69-22-20-67-28-42-29-68-21-23-70-42)36(24-40)25-44(55(65)66)74-53-47-46(45)51(75-54(47)61-31-60-53)34-4-8-37(58)9-5-34/h4-5,8-9,12-15,24,31,35,39,41-42,44H,6-7,10-11,16-23,25-30H2,1-3H3,(H,65,66)/t35?,39?,41-,42?,44-/m1/s1. The van der Waals surface area contributed by atoms with Crippen LogP contribution in [0.5, 0.6) is 23.1 Å². The Hall–Kier alpha value is -5.28. The number of hydrogen-bond acceptors (Lipinski definition) is 16. The molecule has 6 aromatic rings. The van der Waals surface area contributed by atoms with Crippen LogP contribution in [0.25, 0.3) is 31.8 Å². The summed E-state index contributed by atoms with van der Waals surface area (Å²) >= 11 is 16.0. The molecule has 20 heteroatoms. The van der Waals surface area contributed by atoms with Gasteiger partial charge in [-0.05, 0) is 105 Å². The molecule has 3 aromatic heterocycles. The van der Waals surface area contributed by atoms with E-state index in [1.54, 1.807) is 36.5 Å². The van der Waals surface area contributed by atoms with Crippen LogP contribution in [-0.4, -0.2) is 151 Å². The van der Waals surface area contributed by atoms with E-state index in [1.807, 2.05) is 19.9 Å². The zero-order chi connectivity index (χ0) is 52.0. The summed E-state index contributed by atoms with van der Waals surface area (Å²) in [5.74, 6) is 0.530. The van der Waals surface area contributed by atoms with E-state index < -0.39 is 24.0 Å². The van der Waals surface area contributed by atoms with Gasteiger partial charge in [-0.3, -0.25) is 4.90 Å². The van der Waals surface area contributed by atoms with Crippen molar-refractivity contribution >= 4 is 50.7 Å². The Kier molecular flexibility index (Phi) is 17.3. The third-order valence-corrected chi connectivity index (χ3v) is 16.3. The maximum absolute atomic E-state index is 14.4. The fourth-order valence-electron chi connectivity index (χ4n) is 10.2. The molecule has 1 N–H and O–H groups in total. The Balaban J connectivity index is 0.935. The van der Waals surface area contributed by atoms with Gasteiger partial charge in [0.1, 0.15) is 59.7 Å². The molecule has 1 saturated carbocycles. The van der Waals surface area contributed by atoms with E-state index in [9.17, 15) is 14.3 Å². The van der Waals surface area contributed by atoms with Gasteiger partial charge in [-0.1, -0.05) is 35.3 Å². The summed E-state index contributed by atoms with van der Waals surface area (Å²) in [6, 6.07) is 13.3. The molecule has 11 rings (SSSR count). The topological polar surface area (TPSA) is 169 Å². The first-order valence-electron chi connectivity index (χ1n) is 25.5. The van der Waals surface area contributed by atoms with Crippen LogP contribution in [0.1, 0.15) is 59.8 Å². The van der Waals surface area contributed by atoms with Crippen molar-refractivity contribution in [2.24, 2.45) is 0 Å². The molecule has 7 heterocycles. The number of carboxylic acids is 1. The van der Waals surface area contributed by atoms with Gasteiger partial charge in [0.2, 0.25) is 12.0 Å². The summed E-state index contributed by atoms with van der Waals surface area (Å²) in [5.41, 5.74) is 4.47. The summed E-state index contributed by atoms with van der Waals surface area (Å²) in [7, 11) is 2.11. The molecule has 398 valence electrons. The van der Waals surface area contributed by atoms with Crippen molar-refractivity contribution in [2.45, 2.75) is 82.9 Å². The molecule has 1 aliphatic carbocycles. The Labute approximate surface area is 449 Å². The molecule has 1 unspecified atom stereocenters. The van der Waals surface area contributed by atoms with Crippen molar-refractivity contribution < 1.29 is 52.2 Å². The normalized spacial score (nSPS) is 21.8. The van der Waals surface area contributed by atoms with Crippen molar-refractivity contribution in [3.8, 4) is 44.7 Å². The predicted octanol–water partition coefficient (Wildman–Crippen LogP) is 9.39. The molecular formula is C55H61Cl2FN6O10S. The van der Waals surface area contributed by atoms with Gasteiger partial charge in [-0.15, -0.1) is 11.3 Å². The van der Waals surface area contributed by atoms with Crippen molar-refractivity contribution in [2.75, 3.05) is 86.0 Å². The number of likely N-dealkylation sites (N-methyl/N-ethyl adjacent to an activating group) is 1. The Morgan fingerprint density at radius 3 is 2.43 bits per heavy atom. The van der Waals surface area contributed by atoms with E-state index in [1.165, 1.54) is 29.8 Å². The molecule has 2 saturated heterocycles. The minimum absolute atomic E-state index is 0.0264. The molecule has 0 radical (unpaired) electrons. The van der Waals surface area contributed by atoms with Gasteiger partial charge in [-0.25, -0.2) is 29.1 Å². The fraction of sp³-hybridized carbons (Fsp3) is 0.473. The number of nitrogens with zero attached hydrogens (tertiary/aromatic N) is 6. The van der Waals surface area contributed by atoms with Crippen molar-refractivity contribution in [1.29, 1.82) is 0 Å². The van der Waals surface area contributed by atoms with Gasteiger partial charge in [0.05, 0.1) is 66.9 Å².